The number of hydrogen-bond donors (Lipinski definition) is 1. The van der Waals surface area contributed by atoms with Gasteiger partial charge in [0.05, 0.1) is 11.6 Å². The number of fused-ring (bicyclic) bond motifs is 1. The van der Waals surface area contributed by atoms with Crippen LogP contribution in [0.2, 0.25) is 0 Å². The van der Waals surface area contributed by atoms with E-state index in [1.165, 1.54) is 22.3 Å². The summed E-state index contributed by atoms with van der Waals surface area (Å²) in [5.41, 5.74) is 6.88. The van der Waals surface area contributed by atoms with Crippen LogP contribution < -0.4 is 5.32 Å². The van der Waals surface area contributed by atoms with E-state index in [4.69, 9.17) is 5.26 Å². The van der Waals surface area contributed by atoms with Gasteiger partial charge in [-0.05, 0) is 58.9 Å². The van der Waals surface area contributed by atoms with Crippen molar-refractivity contribution >= 4 is 5.91 Å². The summed E-state index contributed by atoms with van der Waals surface area (Å²) in [5.74, 6) is 1.05. The van der Waals surface area contributed by atoms with Crippen LogP contribution in [0.1, 0.15) is 56.4 Å². The molecule has 3 heteroatoms. The molecule has 1 amide bonds. The largest absolute Gasteiger partial charge is 0.352 e. The van der Waals surface area contributed by atoms with Crippen LogP contribution in [0.4, 0.5) is 0 Å². The van der Waals surface area contributed by atoms with E-state index >= 15 is 0 Å². The maximum absolute atomic E-state index is 12.6. The van der Waals surface area contributed by atoms with Gasteiger partial charge in [0, 0.05) is 23.9 Å². The second-order valence-electron chi connectivity index (χ2n) is 7.68. The Bertz CT molecular complexity index is 1050. The minimum absolute atomic E-state index is 0.0764. The molecule has 3 aliphatic carbocycles. The molecular weight excluding hydrogens is 344 g/mol. The Balaban J connectivity index is 1.40. The molecule has 136 valence electrons. The monoisotopic (exact) mass is 364 g/mol. The molecule has 6 rings (SSSR count). The fourth-order valence-corrected chi connectivity index (χ4v) is 4.98. The lowest BCUT2D eigenvalue weighted by Crippen LogP contribution is -2.39. The SMILES string of the molecule is N#Cc1ccc(C(=O)NCC2CC3c4ccccc4C2c2ccccc23)cc1. The summed E-state index contributed by atoms with van der Waals surface area (Å²) in [7, 11) is 0. The van der Waals surface area contributed by atoms with Gasteiger partial charge in [0.25, 0.3) is 5.91 Å². The highest BCUT2D eigenvalue weighted by Gasteiger charge is 2.42. The van der Waals surface area contributed by atoms with E-state index in [0.29, 0.717) is 35.4 Å². The molecule has 1 atom stereocenters. The molecule has 0 saturated heterocycles. The van der Waals surface area contributed by atoms with Crippen molar-refractivity contribution in [2.45, 2.75) is 18.3 Å². The Morgan fingerprint density at radius 1 is 0.893 bits per heavy atom. The van der Waals surface area contributed by atoms with Crippen LogP contribution in [0.25, 0.3) is 0 Å². The summed E-state index contributed by atoms with van der Waals surface area (Å²) < 4.78 is 0. The van der Waals surface area contributed by atoms with Crippen LogP contribution in [0.3, 0.4) is 0 Å². The third-order valence-corrected chi connectivity index (χ3v) is 6.22. The summed E-state index contributed by atoms with van der Waals surface area (Å²) in [5, 5.41) is 12.0. The number of amides is 1. The highest BCUT2D eigenvalue weighted by Crippen LogP contribution is 2.55. The fraction of sp³-hybridized carbons (Fsp3) is 0.200. The van der Waals surface area contributed by atoms with E-state index in [1.807, 2.05) is 0 Å². The number of carbonyl (C=O) groups is 1. The molecule has 3 aromatic rings. The van der Waals surface area contributed by atoms with Crippen LogP contribution >= 0.6 is 0 Å². The summed E-state index contributed by atoms with van der Waals surface area (Å²) in [6.45, 7) is 0.655. The van der Waals surface area contributed by atoms with Crippen LogP contribution in [0, 0.1) is 17.2 Å². The maximum Gasteiger partial charge on any atom is 0.251 e. The van der Waals surface area contributed by atoms with Gasteiger partial charge in [-0.2, -0.15) is 5.26 Å². The second-order valence-corrected chi connectivity index (χ2v) is 7.68. The summed E-state index contributed by atoms with van der Waals surface area (Å²) in [4.78, 5) is 12.6. The van der Waals surface area contributed by atoms with Gasteiger partial charge in [0.15, 0.2) is 0 Å². The molecule has 0 spiro atoms. The molecular formula is C25H20N2O. The van der Waals surface area contributed by atoms with Crippen molar-refractivity contribution in [3.8, 4) is 6.07 Å². The molecule has 0 saturated carbocycles. The molecule has 28 heavy (non-hydrogen) atoms. The predicted molar refractivity (Wildman–Crippen MR) is 108 cm³/mol. The van der Waals surface area contributed by atoms with Crippen molar-refractivity contribution in [2.75, 3.05) is 6.54 Å². The van der Waals surface area contributed by atoms with Crippen molar-refractivity contribution < 1.29 is 4.79 Å². The molecule has 3 nitrogen and oxygen atoms in total. The third-order valence-electron chi connectivity index (χ3n) is 6.22. The molecule has 3 aromatic carbocycles. The first-order valence-corrected chi connectivity index (χ1v) is 9.72. The Morgan fingerprint density at radius 2 is 1.46 bits per heavy atom. The molecule has 0 aliphatic heterocycles. The quantitative estimate of drug-likeness (QED) is 0.739. The lowest BCUT2D eigenvalue weighted by Gasteiger charge is -2.45. The molecule has 1 unspecified atom stereocenters. The number of benzene rings is 3. The topological polar surface area (TPSA) is 52.9 Å². The fourth-order valence-electron chi connectivity index (χ4n) is 4.98. The summed E-state index contributed by atoms with van der Waals surface area (Å²) >= 11 is 0. The van der Waals surface area contributed by atoms with Gasteiger partial charge in [-0.25, -0.2) is 0 Å². The van der Waals surface area contributed by atoms with Crippen LogP contribution in [0.15, 0.2) is 72.8 Å². The van der Waals surface area contributed by atoms with E-state index in [0.717, 1.165) is 6.42 Å². The number of nitrogens with zero attached hydrogens (tertiary/aromatic N) is 1. The van der Waals surface area contributed by atoms with Gasteiger partial charge in [-0.3, -0.25) is 4.79 Å². The van der Waals surface area contributed by atoms with E-state index < -0.39 is 0 Å². The first-order chi connectivity index (χ1) is 13.8. The highest BCUT2D eigenvalue weighted by atomic mass is 16.1. The normalized spacial score (nSPS) is 21.3. The standard InChI is InChI=1S/C25H20N2O/c26-14-16-9-11-17(12-10-16)25(28)27-15-18-13-23-19-5-1-3-7-21(19)24(18)22-8-4-2-6-20(22)23/h1-12,18,23-24H,13,15H2,(H,27,28). The molecule has 0 aromatic heterocycles. The Kier molecular flexibility index (Phi) is 3.98. The third kappa shape index (κ3) is 2.61. The summed E-state index contributed by atoms with van der Waals surface area (Å²) in [6, 6.07) is 26.4. The van der Waals surface area contributed by atoms with Crippen LogP contribution in [-0.2, 0) is 0 Å². The van der Waals surface area contributed by atoms with E-state index in [-0.39, 0.29) is 5.91 Å². The Morgan fingerprint density at radius 3 is 2.04 bits per heavy atom. The first kappa shape index (κ1) is 16.8. The van der Waals surface area contributed by atoms with Gasteiger partial charge < -0.3 is 5.32 Å². The predicted octanol–water partition coefficient (Wildman–Crippen LogP) is 4.59. The smallest absolute Gasteiger partial charge is 0.251 e. The molecule has 3 aliphatic rings. The van der Waals surface area contributed by atoms with Crippen molar-refractivity contribution in [3.63, 3.8) is 0 Å². The Hall–Kier alpha value is -3.38. The number of nitriles is 1. The van der Waals surface area contributed by atoms with Gasteiger partial charge in [-0.1, -0.05) is 48.5 Å². The van der Waals surface area contributed by atoms with Crippen molar-refractivity contribution in [1.29, 1.82) is 5.26 Å². The number of nitrogens with one attached hydrogen (secondary N) is 1. The second kappa shape index (κ2) is 6.65. The van der Waals surface area contributed by atoms with E-state index in [9.17, 15) is 4.79 Å². The zero-order chi connectivity index (χ0) is 19.1. The van der Waals surface area contributed by atoms with Gasteiger partial charge in [0.1, 0.15) is 0 Å². The molecule has 2 bridgehead atoms. The number of hydrogen-bond acceptors (Lipinski definition) is 2. The zero-order valence-corrected chi connectivity index (χ0v) is 15.4. The molecule has 0 heterocycles. The Labute approximate surface area is 164 Å². The highest BCUT2D eigenvalue weighted by molar-refractivity contribution is 5.94. The number of carbonyl (C=O) groups excluding carboxylic acids is 1. The van der Waals surface area contributed by atoms with Crippen molar-refractivity contribution in [1.82, 2.24) is 5.32 Å². The van der Waals surface area contributed by atoms with Gasteiger partial charge >= 0.3 is 0 Å². The lowest BCUT2D eigenvalue weighted by molar-refractivity contribution is 0.0943. The van der Waals surface area contributed by atoms with E-state index in [2.05, 4.69) is 59.9 Å². The minimum Gasteiger partial charge on any atom is -0.352 e. The van der Waals surface area contributed by atoms with Crippen LogP contribution in [-0.4, -0.2) is 12.5 Å². The van der Waals surface area contributed by atoms with Crippen molar-refractivity contribution in [2.24, 2.45) is 5.92 Å². The number of rotatable bonds is 3. The first-order valence-electron chi connectivity index (χ1n) is 9.72. The van der Waals surface area contributed by atoms with Gasteiger partial charge in [-0.15, -0.1) is 0 Å². The molecule has 1 N–H and O–H groups in total. The zero-order valence-electron chi connectivity index (χ0n) is 15.4. The van der Waals surface area contributed by atoms with Crippen LogP contribution in [0.5, 0.6) is 0 Å². The summed E-state index contributed by atoms with van der Waals surface area (Å²) in [6.07, 6.45) is 1.06. The average Bonchev–Trinajstić information content (AvgIpc) is 2.77. The molecule has 0 radical (unpaired) electrons. The molecule has 0 fully saturated rings. The minimum atomic E-state index is -0.0764. The van der Waals surface area contributed by atoms with Crippen molar-refractivity contribution in [3.05, 3.63) is 106 Å². The lowest BCUT2D eigenvalue weighted by atomic mass is 9.59. The van der Waals surface area contributed by atoms with E-state index in [1.54, 1.807) is 24.3 Å². The van der Waals surface area contributed by atoms with Gasteiger partial charge in [0.2, 0.25) is 0 Å². The maximum atomic E-state index is 12.6. The average molecular weight is 364 g/mol.